The second-order valence-electron chi connectivity index (χ2n) is 5.04. The van der Waals surface area contributed by atoms with E-state index in [0.29, 0.717) is 15.3 Å². The summed E-state index contributed by atoms with van der Waals surface area (Å²) in [6, 6.07) is 2.81. The van der Waals surface area contributed by atoms with E-state index in [4.69, 9.17) is 5.73 Å². The maximum Gasteiger partial charge on any atom is 0.252 e. The molecule has 0 saturated heterocycles. The number of anilines is 1. The second-order valence-corrected chi connectivity index (χ2v) is 7.03. The van der Waals surface area contributed by atoms with Crippen LogP contribution in [0.3, 0.4) is 0 Å². The normalized spacial score (nSPS) is 22.6. The minimum absolute atomic E-state index is 0.00978. The van der Waals surface area contributed by atoms with Gasteiger partial charge in [0.2, 0.25) is 0 Å². The molecule has 1 aliphatic carbocycles. The van der Waals surface area contributed by atoms with Crippen molar-refractivity contribution >= 4 is 39.3 Å². The summed E-state index contributed by atoms with van der Waals surface area (Å²) < 4.78 is 13.7. The molecular formula is C14H18BrFN2OS. The Morgan fingerprint density at radius 1 is 1.40 bits per heavy atom. The van der Waals surface area contributed by atoms with Crippen LogP contribution in [0.5, 0.6) is 0 Å². The predicted molar refractivity (Wildman–Crippen MR) is 85.5 cm³/mol. The number of carbonyl (C=O) groups is 1. The minimum atomic E-state index is -0.520. The number of nitrogen functional groups attached to an aromatic ring is 1. The van der Waals surface area contributed by atoms with Crippen LogP contribution in [0.2, 0.25) is 0 Å². The van der Waals surface area contributed by atoms with E-state index in [1.807, 2.05) is 11.8 Å². The topological polar surface area (TPSA) is 55.1 Å². The Kier molecular flexibility index (Phi) is 5.32. The average Bonchev–Trinajstić information content (AvgIpc) is 2.43. The number of rotatable bonds is 3. The third-order valence-corrected chi connectivity index (χ3v) is 5.47. The summed E-state index contributed by atoms with van der Waals surface area (Å²) in [5.74, 6) is -0.718. The van der Waals surface area contributed by atoms with Gasteiger partial charge in [0.25, 0.3) is 5.91 Å². The van der Waals surface area contributed by atoms with Crippen molar-refractivity contribution in [2.45, 2.75) is 37.0 Å². The highest BCUT2D eigenvalue weighted by molar-refractivity contribution is 9.10. The fraction of sp³-hybridized carbons (Fsp3) is 0.500. The Hall–Kier alpha value is -0.750. The Morgan fingerprint density at radius 2 is 2.05 bits per heavy atom. The number of thioether (sulfide) groups is 1. The standard InChI is InChI=1S/C14H18BrFN2OS/c1-20-9-4-2-8(3-5-9)18-14(19)10-6-13(17)12(16)7-11(10)15/h6-9H,2-5,17H2,1H3,(H,18,19). The van der Waals surface area contributed by atoms with Gasteiger partial charge < -0.3 is 11.1 Å². The number of nitrogens with two attached hydrogens (primary N) is 1. The van der Waals surface area contributed by atoms with Crippen LogP contribution >= 0.6 is 27.7 Å². The zero-order chi connectivity index (χ0) is 14.7. The van der Waals surface area contributed by atoms with E-state index in [1.165, 1.54) is 12.1 Å². The minimum Gasteiger partial charge on any atom is -0.396 e. The smallest absolute Gasteiger partial charge is 0.252 e. The molecule has 20 heavy (non-hydrogen) atoms. The first-order valence-corrected chi connectivity index (χ1v) is 8.67. The van der Waals surface area contributed by atoms with Crippen LogP contribution in [-0.2, 0) is 0 Å². The number of halogens is 2. The maximum absolute atomic E-state index is 13.3. The van der Waals surface area contributed by atoms with Crippen LogP contribution in [0, 0.1) is 5.82 Å². The summed E-state index contributed by atoms with van der Waals surface area (Å²) in [5, 5.41) is 3.72. The quantitative estimate of drug-likeness (QED) is 0.810. The van der Waals surface area contributed by atoms with E-state index in [1.54, 1.807) is 0 Å². The summed E-state index contributed by atoms with van der Waals surface area (Å²) >= 11 is 5.10. The summed E-state index contributed by atoms with van der Waals surface area (Å²) in [5.41, 5.74) is 5.89. The van der Waals surface area contributed by atoms with Crippen molar-refractivity contribution in [3.8, 4) is 0 Å². The number of hydrogen-bond donors (Lipinski definition) is 2. The molecule has 1 aromatic rings. The van der Waals surface area contributed by atoms with Gasteiger partial charge in [-0.2, -0.15) is 11.8 Å². The molecule has 3 nitrogen and oxygen atoms in total. The van der Waals surface area contributed by atoms with Crippen molar-refractivity contribution in [2.75, 3.05) is 12.0 Å². The molecule has 0 aliphatic heterocycles. The molecule has 0 atom stereocenters. The molecule has 0 aromatic heterocycles. The van der Waals surface area contributed by atoms with E-state index in [2.05, 4.69) is 27.5 Å². The molecule has 0 heterocycles. The van der Waals surface area contributed by atoms with Crippen molar-refractivity contribution in [3.05, 3.63) is 28.0 Å². The van der Waals surface area contributed by atoms with Crippen LogP contribution in [0.25, 0.3) is 0 Å². The molecule has 1 fully saturated rings. The van der Waals surface area contributed by atoms with Crippen LogP contribution in [-0.4, -0.2) is 23.5 Å². The molecule has 2 rings (SSSR count). The molecule has 1 saturated carbocycles. The molecule has 0 radical (unpaired) electrons. The van der Waals surface area contributed by atoms with Gasteiger partial charge in [0, 0.05) is 15.8 Å². The molecule has 6 heteroatoms. The van der Waals surface area contributed by atoms with Gasteiger partial charge in [-0.05, 0) is 60.0 Å². The van der Waals surface area contributed by atoms with Crippen LogP contribution < -0.4 is 11.1 Å². The van der Waals surface area contributed by atoms with E-state index < -0.39 is 5.82 Å². The Labute approximate surface area is 131 Å². The Bertz CT molecular complexity index is 504. The SMILES string of the molecule is CSC1CCC(NC(=O)c2cc(N)c(F)cc2Br)CC1. The van der Waals surface area contributed by atoms with E-state index in [-0.39, 0.29) is 17.6 Å². The van der Waals surface area contributed by atoms with Gasteiger partial charge in [0.1, 0.15) is 5.82 Å². The van der Waals surface area contributed by atoms with Gasteiger partial charge >= 0.3 is 0 Å². The zero-order valence-electron chi connectivity index (χ0n) is 11.3. The highest BCUT2D eigenvalue weighted by Crippen LogP contribution is 2.28. The molecule has 1 aromatic carbocycles. The summed E-state index contributed by atoms with van der Waals surface area (Å²) in [6.45, 7) is 0. The lowest BCUT2D eigenvalue weighted by Gasteiger charge is -2.28. The Morgan fingerprint density at radius 3 is 2.65 bits per heavy atom. The monoisotopic (exact) mass is 360 g/mol. The average molecular weight is 361 g/mol. The molecule has 3 N–H and O–H groups in total. The fourth-order valence-corrected chi connectivity index (χ4v) is 3.68. The van der Waals surface area contributed by atoms with Gasteiger partial charge in [-0.15, -0.1) is 0 Å². The van der Waals surface area contributed by atoms with Crippen LogP contribution in [0.15, 0.2) is 16.6 Å². The van der Waals surface area contributed by atoms with Crippen molar-refractivity contribution in [1.29, 1.82) is 0 Å². The zero-order valence-corrected chi connectivity index (χ0v) is 13.7. The number of benzene rings is 1. The fourth-order valence-electron chi connectivity index (χ4n) is 2.45. The van der Waals surface area contributed by atoms with E-state index in [0.717, 1.165) is 25.7 Å². The van der Waals surface area contributed by atoms with E-state index in [9.17, 15) is 9.18 Å². The third kappa shape index (κ3) is 3.67. The largest absolute Gasteiger partial charge is 0.396 e. The van der Waals surface area contributed by atoms with E-state index >= 15 is 0 Å². The molecule has 1 aliphatic rings. The first-order chi connectivity index (χ1) is 9.51. The maximum atomic E-state index is 13.3. The molecule has 1 amide bonds. The van der Waals surface area contributed by atoms with Crippen molar-refractivity contribution < 1.29 is 9.18 Å². The van der Waals surface area contributed by atoms with Gasteiger partial charge in [-0.25, -0.2) is 4.39 Å². The van der Waals surface area contributed by atoms with Gasteiger partial charge in [-0.3, -0.25) is 4.79 Å². The molecule has 0 unspecified atom stereocenters. The van der Waals surface area contributed by atoms with Crippen molar-refractivity contribution in [1.82, 2.24) is 5.32 Å². The predicted octanol–water partition coefficient (Wildman–Crippen LogP) is 3.57. The highest BCUT2D eigenvalue weighted by Gasteiger charge is 2.23. The lowest BCUT2D eigenvalue weighted by Crippen LogP contribution is -2.38. The number of hydrogen-bond acceptors (Lipinski definition) is 3. The van der Waals surface area contributed by atoms with Crippen molar-refractivity contribution in [3.63, 3.8) is 0 Å². The highest BCUT2D eigenvalue weighted by atomic mass is 79.9. The molecule has 0 spiro atoms. The second kappa shape index (κ2) is 6.80. The molecule has 0 bridgehead atoms. The van der Waals surface area contributed by atoms with Gasteiger partial charge in [-0.1, -0.05) is 0 Å². The third-order valence-electron chi connectivity index (χ3n) is 3.67. The van der Waals surface area contributed by atoms with Crippen LogP contribution in [0.1, 0.15) is 36.0 Å². The first kappa shape index (κ1) is 15.6. The number of amides is 1. The molecule has 110 valence electrons. The Balaban J connectivity index is 2.01. The number of nitrogens with one attached hydrogen (secondary N) is 1. The lowest BCUT2D eigenvalue weighted by molar-refractivity contribution is 0.0927. The first-order valence-electron chi connectivity index (χ1n) is 6.59. The summed E-state index contributed by atoms with van der Waals surface area (Å²) in [7, 11) is 0. The van der Waals surface area contributed by atoms with Gasteiger partial charge in [0.05, 0.1) is 11.3 Å². The molecular weight excluding hydrogens is 343 g/mol. The number of carbonyl (C=O) groups excluding carboxylic acids is 1. The lowest BCUT2D eigenvalue weighted by atomic mass is 9.94. The van der Waals surface area contributed by atoms with Crippen LogP contribution in [0.4, 0.5) is 10.1 Å². The van der Waals surface area contributed by atoms with Crippen molar-refractivity contribution in [2.24, 2.45) is 0 Å². The summed E-state index contributed by atoms with van der Waals surface area (Å²) in [6.07, 6.45) is 6.36. The summed E-state index contributed by atoms with van der Waals surface area (Å²) in [4.78, 5) is 12.2. The van der Waals surface area contributed by atoms with Gasteiger partial charge in [0.15, 0.2) is 0 Å².